The highest BCUT2D eigenvalue weighted by atomic mass is 16.5. The number of nitrogens with one attached hydrogen (secondary N) is 1. The van der Waals surface area contributed by atoms with E-state index < -0.39 is 5.97 Å². The Hall–Kier alpha value is -2.78. The molecule has 2 aromatic rings. The molecule has 0 unspecified atom stereocenters. The fourth-order valence-electron chi connectivity index (χ4n) is 1.27. The second-order valence-electron chi connectivity index (χ2n) is 3.27. The van der Waals surface area contributed by atoms with Gasteiger partial charge < -0.3 is 4.74 Å². The number of ether oxygens (including phenoxy) is 1. The van der Waals surface area contributed by atoms with Crippen LogP contribution in [0.4, 0.5) is 0 Å². The predicted molar refractivity (Wildman–Crippen MR) is 65.0 cm³/mol. The Morgan fingerprint density at radius 1 is 1.06 bits per heavy atom. The number of esters is 1. The highest BCUT2D eigenvalue weighted by Crippen LogP contribution is 2.11. The predicted octanol–water partition coefficient (Wildman–Crippen LogP) is 1.92. The molecular formula is C13H9N3O2. The van der Waals surface area contributed by atoms with E-state index in [2.05, 4.69) is 15.8 Å². The largest absolute Gasteiger partial charge is 0.409 e. The second-order valence-corrected chi connectivity index (χ2v) is 3.27. The molecule has 0 aliphatic carbocycles. The summed E-state index contributed by atoms with van der Waals surface area (Å²) in [5.41, 5.74) is 0.540. The molecule has 0 saturated carbocycles. The van der Waals surface area contributed by atoms with Crippen molar-refractivity contribution in [2.24, 2.45) is 0 Å². The first-order valence-electron chi connectivity index (χ1n) is 5.15. The van der Waals surface area contributed by atoms with Gasteiger partial charge in [-0.1, -0.05) is 12.1 Å². The number of carbonyl (C=O) groups excluding carboxylic acids is 1. The number of nitrogens with zero attached hydrogens (tertiary/aromatic N) is 2. The lowest BCUT2D eigenvalue weighted by Gasteiger charge is -2.04. The molecule has 0 amide bonds. The molecule has 1 N–H and O–H groups in total. The van der Waals surface area contributed by atoms with Crippen LogP contribution in [0.5, 0.6) is 0 Å². The third-order valence-corrected chi connectivity index (χ3v) is 2.08. The van der Waals surface area contributed by atoms with E-state index in [0.29, 0.717) is 5.69 Å². The molecule has 2 rings (SSSR count). The molecular weight excluding hydrogens is 230 g/mol. The lowest BCUT2D eigenvalue weighted by molar-refractivity contribution is 0.0687. The normalized spacial score (nSPS) is 9.33. The average Bonchev–Trinajstić information content (AvgIpc) is 2.46. The molecule has 0 aromatic carbocycles. The Kier molecular flexibility index (Phi) is 3.59. The summed E-state index contributed by atoms with van der Waals surface area (Å²) in [6, 6.07) is 9.99. The number of rotatable bonds is 3. The molecule has 2 aromatic heterocycles. The van der Waals surface area contributed by atoms with Crippen LogP contribution in [-0.4, -0.2) is 21.8 Å². The smallest absolute Gasteiger partial charge is 0.363 e. The minimum atomic E-state index is -0.643. The molecule has 5 heteroatoms. The molecule has 0 spiro atoms. The number of hydrogen-bond donors (Lipinski definition) is 1. The summed E-state index contributed by atoms with van der Waals surface area (Å²) in [5.74, 6) is 1.37. The van der Waals surface area contributed by atoms with Crippen LogP contribution in [-0.2, 0) is 4.74 Å². The first-order valence-corrected chi connectivity index (χ1v) is 5.15. The van der Waals surface area contributed by atoms with Gasteiger partial charge in [0, 0.05) is 18.3 Å². The second kappa shape index (κ2) is 5.52. The van der Waals surface area contributed by atoms with Gasteiger partial charge in [-0.05, 0) is 24.3 Å². The van der Waals surface area contributed by atoms with Crippen molar-refractivity contribution >= 4 is 17.6 Å². The topological polar surface area (TPSA) is 75.9 Å². The van der Waals surface area contributed by atoms with Crippen molar-refractivity contribution in [2.75, 3.05) is 0 Å². The van der Waals surface area contributed by atoms with Crippen molar-refractivity contribution in [3.63, 3.8) is 0 Å². The van der Waals surface area contributed by atoms with Crippen LogP contribution < -0.4 is 0 Å². The lowest BCUT2D eigenvalue weighted by Crippen LogP contribution is -2.07. The minimum absolute atomic E-state index is 0.0359. The summed E-state index contributed by atoms with van der Waals surface area (Å²) in [7, 11) is 0. The Morgan fingerprint density at radius 2 is 1.67 bits per heavy atom. The van der Waals surface area contributed by atoms with Gasteiger partial charge in [-0.15, -0.1) is 0 Å². The summed E-state index contributed by atoms with van der Waals surface area (Å²) >= 11 is 0. The third kappa shape index (κ3) is 2.66. The van der Waals surface area contributed by atoms with Crippen molar-refractivity contribution < 1.29 is 9.53 Å². The Balaban J connectivity index is 2.19. The number of aromatic nitrogens is 2. The zero-order valence-electron chi connectivity index (χ0n) is 9.33. The number of carbonyl (C=O) groups is 1. The Bertz CT molecular complexity index is 590. The van der Waals surface area contributed by atoms with Crippen LogP contribution in [0, 0.1) is 5.41 Å². The standard InChI is InChI=1S/C13H9N3O2/c14-9-12(10-5-1-3-7-15-10)18-13(17)11-6-2-4-8-16-11/h1-8,14H. The van der Waals surface area contributed by atoms with E-state index in [0.717, 1.165) is 0 Å². The van der Waals surface area contributed by atoms with Gasteiger partial charge in [0.05, 0.1) is 0 Å². The van der Waals surface area contributed by atoms with Gasteiger partial charge in [-0.25, -0.2) is 9.78 Å². The minimum Gasteiger partial charge on any atom is -0.409 e. The molecule has 2 heterocycles. The van der Waals surface area contributed by atoms with E-state index in [4.69, 9.17) is 10.1 Å². The third-order valence-electron chi connectivity index (χ3n) is 2.08. The highest BCUT2D eigenvalue weighted by molar-refractivity contribution is 5.95. The van der Waals surface area contributed by atoms with Gasteiger partial charge in [0.2, 0.25) is 5.76 Å². The van der Waals surface area contributed by atoms with Crippen LogP contribution >= 0.6 is 0 Å². The van der Waals surface area contributed by atoms with Gasteiger partial charge in [-0.3, -0.25) is 10.4 Å². The molecule has 0 bridgehead atoms. The van der Waals surface area contributed by atoms with E-state index in [1.54, 1.807) is 36.5 Å². The molecule has 18 heavy (non-hydrogen) atoms. The van der Waals surface area contributed by atoms with Crippen LogP contribution in [0.2, 0.25) is 0 Å². The van der Waals surface area contributed by atoms with Crippen molar-refractivity contribution in [3.8, 4) is 0 Å². The fourth-order valence-corrected chi connectivity index (χ4v) is 1.27. The maximum atomic E-state index is 11.7. The van der Waals surface area contributed by atoms with Gasteiger partial charge in [-0.2, -0.15) is 0 Å². The SMILES string of the molecule is N=C=C(OC(=O)c1ccccn1)c1ccccn1. The molecule has 0 aliphatic heterocycles. The Morgan fingerprint density at radius 3 is 2.17 bits per heavy atom. The number of hydrogen-bond acceptors (Lipinski definition) is 5. The number of pyridine rings is 2. The van der Waals surface area contributed by atoms with E-state index in [9.17, 15) is 4.79 Å². The summed E-state index contributed by atoms with van der Waals surface area (Å²) in [6.45, 7) is 0. The zero-order valence-corrected chi connectivity index (χ0v) is 9.33. The molecule has 0 fully saturated rings. The van der Waals surface area contributed by atoms with E-state index in [-0.39, 0.29) is 11.5 Å². The van der Waals surface area contributed by atoms with Crippen LogP contribution in [0.3, 0.4) is 0 Å². The lowest BCUT2D eigenvalue weighted by atomic mass is 10.3. The van der Waals surface area contributed by atoms with Crippen molar-refractivity contribution in [1.82, 2.24) is 9.97 Å². The van der Waals surface area contributed by atoms with Crippen LogP contribution in [0.25, 0.3) is 5.76 Å². The van der Waals surface area contributed by atoms with Crippen LogP contribution in [0.1, 0.15) is 16.2 Å². The quantitative estimate of drug-likeness (QED) is 0.504. The Labute approximate surface area is 103 Å². The van der Waals surface area contributed by atoms with Crippen molar-refractivity contribution in [2.45, 2.75) is 0 Å². The first-order chi connectivity index (χ1) is 8.81. The van der Waals surface area contributed by atoms with Gasteiger partial charge in [0.25, 0.3) is 0 Å². The van der Waals surface area contributed by atoms with Crippen molar-refractivity contribution in [3.05, 3.63) is 60.2 Å². The maximum absolute atomic E-state index is 11.7. The van der Waals surface area contributed by atoms with E-state index >= 15 is 0 Å². The first kappa shape index (κ1) is 11.7. The fraction of sp³-hybridized carbons (Fsp3) is 0. The monoisotopic (exact) mass is 239 g/mol. The van der Waals surface area contributed by atoms with Crippen molar-refractivity contribution in [1.29, 1.82) is 5.41 Å². The van der Waals surface area contributed by atoms with Gasteiger partial charge >= 0.3 is 5.97 Å². The van der Waals surface area contributed by atoms with Crippen LogP contribution in [0.15, 0.2) is 48.8 Å². The van der Waals surface area contributed by atoms with E-state index in [1.165, 1.54) is 12.3 Å². The highest BCUT2D eigenvalue weighted by Gasteiger charge is 2.13. The van der Waals surface area contributed by atoms with Gasteiger partial charge in [0.1, 0.15) is 11.4 Å². The molecule has 0 radical (unpaired) electrons. The summed E-state index contributed by atoms with van der Waals surface area (Å²) in [6.07, 6.45) is 3.03. The maximum Gasteiger partial charge on any atom is 0.363 e. The molecule has 5 nitrogen and oxygen atoms in total. The van der Waals surface area contributed by atoms with E-state index in [1.807, 2.05) is 0 Å². The molecule has 0 aliphatic rings. The van der Waals surface area contributed by atoms with Gasteiger partial charge in [0.15, 0.2) is 0 Å². The summed E-state index contributed by atoms with van der Waals surface area (Å²) in [5, 5.41) is 7.13. The molecule has 0 atom stereocenters. The average molecular weight is 239 g/mol. The zero-order chi connectivity index (χ0) is 12.8. The summed E-state index contributed by atoms with van der Waals surface area (Å²) in [4.78, 5) is 19.6. The summed E-state index contributed by atoms with van der Waals surface area (Å²) < 4.78 is 5.03. The molecule has 88 valence electrons. The molecule has 0 saturated heterocycles.